The smallest absolute Gasteiger partial charge is 0.198 e. The molecule has 0 atom stereocenters. The molecule has 1 N–H and O–H groups in total. The van der Waals surface area contributed by atoms with Gasteiger partial charge < -0.3 is 4.74 Å². The van der Waals surface area contributed by atoms with Crippen molar-refractivity contribution in [3.8, 4) is 5.75 Å². The maximum atomic E-state index is 12.6. The largest absolute Gasteiger partial charge is 0.497 e. The second-order valence-corrected chi connectivity index (χ2v) is 7.87. The van der Waals surface area contributed by atoms with E-state index in [0.717, 1.165) is 23.7 Å². The first-order chi connectivity index (χ1) is 12.4. The van der Waals surface area contributed by atoms with Gasteiger partial charge in [-0.3, -0.25) is 10.1 Å². The summed E-state index contributed by atoms with van der Waals surface area (Å²) in [5, 5.41) is 11.3. The zero-order valence-electron chi connectivity index (χ0n) is 15.4. The van der Waals surface area contributed by atoms with Gasteiger partial charge in [-0.15, -0.1) is 0 Å². The molecule has 26 heavy (non-hydrogen) atoms. The lowest BCUT2D eigenvalue weighted by molar-refractivity contribution is 0.264. The molecule has 7 heteroatoms. The van der Waals surface area contributed by atoms with E-state index >= 15 is 0 Å². The summed E-state index contributed by atoms with van der Waals surface area (Å²) in [7, 11) is -2.16. The first-order valence-corrected chi connectivity index (χ1v) is 10.2. The van der Waals surface area contributed by atoms with Gasteiger partial charge in [0.15, 0.2) is 15.7 Å². The van der Waals surface area contributed by atoms with Crippen LogP contribution in [0.3, 0.4) is 0 Å². The fourth-order valence-electron chi connectivity index (χ4n) is 2.67. The summed E-state index contributed by atoms with van der Waals surface area (Å²) >= 11 is 0. The van der Waals surface area contributed by atoms with E-state index in [9.17, 15) is 13.6 Å². The number of hydrogen-bond acceptors (Lipinski definition) is 6. The van der Waals surface area contributed by atoms with Crippen molar-refractivity contribution in [2.45, 2.75) is 25.3 Å². The Labute approximate surface area is 155 Å². The molecule has 0 amide bonds. The minimum atomic E-state index is -3.68. The molecule has 0 radical (unpaired) electrons. The van der Waals surface area contributed by atoms with Gasteiger partial charge in [0.05, 0.1) is 17.7 Å². The summed E-state index contributed by atoms with van der Waals surface area (Å²) < 4.78 is 30.3. The lowest BCUT2D eigenvalue weighted by Crippen LogP contribution is -2.29. The van der Waals surface area contributed by atoms with Crippen LogP contribution < -0.4 is 9.80 Å². The van der Waals surface area contributed by atoms with Crippen molar-refractivity contribution in [1.29, 1.82) is 0 Å². The van der Waals surface area contributed by atoms with Crippen LogP contribution in [0.1, 0.15) is 19.4 Å². The molecule has 6 nitrogen and oxygen atoms in total. The molecule has 0 aliphatic rings. The Morgan fingerprint density at radius 2 is 1.62 bits per heavy atom. The molecule has 2 aromatic rings. The van der Waals surface area contributed by atoms with E-state index in [1.807, 2.05) is 12.1 Å². The van der Waals surface area contributed by atoms with Crippen molar-refractivity contribution in [2.75, 3.05) is 31.1 Å². The standard InChI is InChI=1S/C19H26N2O4S/c1-4-20(5-2)14-16-8-6-7-9-19(16)21(22)15-26(23,24)18-12-10-17(25-3)11-13-18/h6-13,22H,4-5,14-15H2,1-3H3. The van der Waals surface area contributed by atoms with Gasteiger partial charge >= 0.3 is 0 Å². The summed E-state index contributed by atoms with van der Waals surface area (Å²) in [5.74, 6) is 0.0589. The van der Waals surface area contributed by atoms with Gasteiger partial charge in [-0.2, -0.15) is 0 Å². The maximum absolute atomic E-state index is 12.6. The van der Waals surface area contributed by atoms with E-state index in [4.69, 9.17) is 4.74 Å². The van der Waals surface area contributed by atoms with Crippen LogP contribution in [-0.2, 0) is 16.4 Å². The van der Waals surface area contributed by atoms with E-state index in [-0.39, 0.29) is 4.90 Å². The molecular formula is C19H26N2O4S. The molecule has 0 unspecified atom stereocenters. The Hall–Kier alpha value is -2.09. The zero-order chi connectivity index (χ0) is 19.2. The number of ether oxygens (including phenoxy) is 1. The van der Waals surface area contributed by atoms with Gasteiger partial charge in [-0.1, -0.05) is 32.0 Å². The molecular weight excluding hydrogens is 352 g/mol. The molecule has 0 saturated carbocycles. The molecule has 0 spiro atoms. The number of anilines is 1. The number of hydrogen-bond donors (Lipinski definition) is 1. The number of sulfone groups is 1. The van der Waals surface area contributed by atoms with Crippen molar-refractivity contribution >= 4 is 15.5 Å². The zero-order valence-corrected chi connectivity index (χ0v) is 16.2. The van der Waals surface area contributed by atoms with Crippen LogP contribution in [0.5, 0.6) is 5.75 Å². The van der Waals surface area contributed by atoms with Gasteiger partial charge in [-0.25, -0.2) is 13.5 Å². The van der Waals surface area contributed by atoms with Gasteiger partial charge in [0.25, 0.3) is 0 Å². The molecule has 0 fully saturated rings. The molecule has 142 valence electrons. The quantitative estimate of drug-likeness (QED) is 0.676. The topological polar surface area (TPSA) is 70.1 Å². The monoisotopic (exact) mass is 378 g/mol. The van der Waals surface area contributed by atoms with Crippen molar-refractivity contribution < 1.29 is 18.4 Å². The van der Waals surface area contributed by atoms with E-state index < -0.39 is 15.7 Å². The maximum Gasteiger partial charge on any atom is 0.198 e. The second kappa shape index (κ2) is 9.02. The molecule has 0 aliphatic carbocycles. The van der Waals surface area contributed by atoms with Crippen LogP contribution in [0.15, 0.2) is 53.4 Å². The first kappa shape index (κ1) is 20.2. The Balaban J connectivity index is 2.22. The van der Waals surface area contributed by atoms with Crippen LogP contribution in [0.4, 0.5) is 5.69 Å². The summed E-state index contributed by atoms with van der Waals surface area (Å²) in [5.41, 5.74) is 1.38. The highest BCUT2D eigenvalue weighted by molar-refractivity contribution is 7.91. The van der Waals surface area contributed by atoms with Crippen LogP contribution in [0.2, 0.25) is 0 Å². The van der Waals surface area contributed by atoms with Crippen LogP contribution in [-0.4, -0.2) is 44.6 Å². The molecule has 0 aliphatic heterocycles. The number of nitrogens with zero attached hydrogens (tertiary/aromatic N) is 2. The number of methoxy groups -OCH3 is 1. The van der Waals surface area contributed by atoms with E-state index in [1.165, 1.54) is 19.2 Å². The number of rotatable bonds is 9. The average molecular weight is 378 g/mol. The third kappa shape index (κ3) is 4.97. The highest BCUT2D eigenvalue weighted by Gasteiger charge is 2.21. The fourth-order valence-corrected chi connectivity index (χ4v) is 3.83. The lowest BCUT2D eigenvalue weighted by Gasteiger charge is -2.24. The Morgan fingerprint density at radius 1 is 1.00 bits per heavy atom. The second-order valence-electron chi connectivity index (χ2n) is 5.91. The summed E-state index contributed by atoms with van der Waals surface area (Å²) in [4.78, 5) is 2.34. The van der Waals surface area contributed by atoms with Crippen molar-refractivity contribution in [2.24, 2.45) is 0 Å². The normalized spacial score (nSPS) is 11.6. The first-order valence-electron chi connectivity index (χ1n) is 8.54. The molecule has 0 saturated heterocycles. The van der Waals surface area contributed by atoms with E-state index in [0.29, 0.717) is 18.0 Å². The molecule has 0 aromatic heterocycles. The highest BCUT2D eigenvalue weighted by atomic mass is 32.2. The van der Waals surface area contributed by atoms with Gasteiger partial charge in [0.1, 0.15) is 5.75 Å². The Bertz CT molecular complexity index is 803. The molecule has 0 bridgehead atoms. The highest BCUT2D eigenvalue weighted by Crippen LogP contribution is 2.23. The van der Waals surface area contributed by atoms with Crippen molar-refractivity contribution in [1.82, 2.24) is 4.90 Å². The predicted octanol–water partition coefficient (Wildman–Crippen LogP) is 3.16. The number of hydroxylamine groups is 1. The fraction of sp³-hybridized carbons (Fsp3) is 0.368. The Kier molecular flexibility index (Phi) is 7.02. The molecule has 0 heterocycles. The lowest BCUT2D eigenvalue weighted by atomic mass is 10.1. The van der Waals surface area contributed by atoms with Crippen LogP contribution >= 0.6 is 0 Å². The van der Waals surface area contributed by atoms with Gasteiger partial charge in [0, 0.05) is 6.54 Å². The van der Waals surface area contributed by atoms with Gasteiger partial charge in [0.2, 0.25) is 0 Å². The van der Waals surface area contributed by atoms with Crippen molar-refractivity contribution in [3.05, 3.63) is 54.1 Å². The summed E-state index contributed by atoms with van der Waals surface area (Å²) in [6.45, 7) is 6.53. The molecule has 2 aromatic carbocycles. The third-order valence-corrected chi connectivity index (χ3v) is 5.84. The minimum Gasteiger partial charge on any atom is -0.497 e. The van der Waals surface area contributed by atoms with Crippen LogP contribution in [0, 0.1) is 0 Å². The SMILES string of the molecule is CCN(CC)Cc1ccccc1N(O)CS(=O)(=O)c1ccc(OC)cc1. The number of para-hydroxylation sites is 1. The predicted molar refractivity (Wildman–Crippen MR) is 102 cm³/mol. The Morgan fingerprint density at radius 3 is 2.19 bits per heavy atom. The summed E-state index contributed by atoms with van der Waals surface area (Å²) in [6.07, 6.45) is 0. The van der Waals surface area contributed by atoms with Gasteiger partial charge in [-0.05, 0) is 49.0 Å². The van der Waals surface area contributed by atoms with Crippen LogP contribution in [0.25, 0.3) is 0 Å². The van der Waals surface area contributed by atoms with E-state index in [2.05, 4.69) is 18.7 Å². The minimum absolute atomic E-state index is 0.138. The summed E-state index contributed by atoms with van der Waals surface area (Å²) in [6, 6.07) is 13.4. The number of benzene rings is 2. The molecule has 2 rings (SSSR count). The van der Waals surface area contributed by atoms with Crippen molar-refractivity contribution in [3.63, 3.8) is 0 Å². The van der Waals surface area contributed by atoms with E-state index in [1.54, 1.807) is 24.3 Å². The third-order valence-electron chi connectivity index (χ3n) is 4.27. The average Bonchev–Trinajstić information content (AvgIpc) is 2.66.